The van der Waals surface area contributed by atoms with Crippen LogP contribution in [0.2, 0.25) is 0 Å². The molecule has 0 aliphatic heterocycles. The van der Waals surface area contributed by atoms with E-state index in [1.807, 2.05) is 24.3 Å². The van der Waals surface area contributed by atoms with E-state index in [0.717, 1.165) is 16.5 Å². The fourth-order valence-corrected chi connectivity index (χ4v) is 1.93. The van der Waals surface area contributed by atoms with Gasteiger partial charge < -0.3 is 0 Å². The molecule has 2 rings (SSSR count). The summed E-state index contributed by atoms with van der Waals surface area (Å²) in [5.74, 6) is 0. The van der Waals surface area contributed by atoms with Crippen LogP contribution < -0.4 is 0 Å². The van der Waals surface area contributed by atoms with E-state index < -0.39 is 0 Å². The SMILES string of the molecule is [N-]=[N+]=Nc1ccc(-c2ccc(CBr)cc2)cc1. The fraction of sp³-hybridized carbons (Fsp3) is 0.0769. The van der Waals surface area contributed by atoms with E-state index in [1.165, 1.54) is 5.56 Å². The topological polar surface area (TPSA) is 48.8 Å². The first kappa shape index (κ1) is 11.7. The Morgan fingerprint density at radius 3 is 1.94 bits per heavy atom. The van der Waals surface area contributed by atoms with Crippen molar-refractivity contribution in [2.24, 2.45) is 5.11 Å². The molecule has 2 aromatic rings. The normalized spacial score (nSPS) is 9.71. The third-order valence-corrected chi connectivity index (χ3v) is 3.12. The van der Waals surface area contributed by atoms with Gasteiger partial charge in [-0.2, -0.15) is 0 Å². The zero-order valence-corrected chi connectivity index (χ0v) is 10.6. The lowest BCUT2D eigenvalue weighted by molar-refractivity contribution is 1.43. The van der Waals surface area contributed by atoms with Crippen molar-refractivity contribution in [2.45, 2.75) is 5.33 Å². The van der Waals surface area contributed by atoms with Crippen LogP contribution in [0.4, 0.5) is 5.69 Å². The van der Waals surface area contributed by atoms with E-state index in [9.17, 15) is 0 Å². The number of halogens is 1. The van der Waals surface area contributed by atoms with Crippen molar-refractivity contribution in [1.29, 1.82) is 0 Å². The van der Waals surface area contributed by atoms with Crippen molar-refractivity contribution in [3.05, 3.63) is 64.5 Å². The Hall–Kier alpha value is -1.77. The van der Waals surface area contributed by atoms with Crippen molar-refractivity contribution in [3.8, 4) is 11.1 Å². The van der Waals surface area contributed by atoms with E-state index in [2.05, 4.69) is 50.2 Å². The number of hydrogen-bond donors (Lipinski definition) is 0. The van der Waals surface area contributed by atoms with Gasteiger partial charge in [0, 0.05) is 15.9 Å². The van der Waals surface area contributed by atoms with E-state index in [-0.39, 0.29) is 0 Å². The second-order valence-corrected chi connectivity index (χ2v) is 4.13. The number of nitrogens with zero attached hydrogens (tertiary/aromatic N) is 3. The zero-order chi connectivity index (χ0) is 12.1. The van der Waals surface area contributed by atoms with Crippen molar-refractivity contribution in [1.82, 2.24) is 0 Å². The Bertz CT molecular complexity index is 540. The van der Waals surface area contributed by atoms with Crippen LogP contribution in [0.3, 0.4) is 0 Å². The molecule has 0 heterocycles. The van der Waals surface area contributed by atoms with Crippen LogP contribution in [0.25, 0.3) is 21.6 Å². The zero-order valence-electron chi connectivity index (χ0n) is 9.05. The molecular weight excluding hydrogens is 278 g/mol. The summed E-state index contributed by atoms with van der Waals surface area (Å²) in [6, 6.07) is 15.9. The molecule has 0 radical (unpaired) electrons. The molecule has 0 bridgehead atoms. The van der Waals surface area contributed by atoms with Gasteiger partial charge in [-0.1, -0.05) is 69.6 Å². The highest BCUT2D eigenvalue weighted by atomic mass is 79.9. The van der Waals surface area contributed by atoms with Crippen LogP contribution in [0, 0.1) is 0 Å². The molecule has 0 atom stereocenters. The average Bonchev–Trinajstić information content (AvgIpc) is 2.40. The summed E-state index contributed by atoms with van der Waals surface area (Å²) in [5.41, 5.74) is 12.5. The molecule has 0 fully saturated rings. The first-order chi connectivity index (χ1) is 8.33. The van der Waals surface area contributed by atoms with E-state index in [1.54, 1.807) is 0 Å². The van der Waals surface area contributed by atoms with Crippen molar-refractivity contribution >= 4 is 21.6 Å². The average molecular weight is 288 g/mol. The van der Waals surface area contributed by atoms with Crippen LogP contribution in [0.15, 0.2) is 53.6 Å². The Labute approximate surface area is 108 Å². The van der Waals surface area contributed by atoms with Gasteiger partial charge in [-0.3, -0.25) is 0 Å². The minimum absolute atomic E-state index is 0.633. The molecule has 0 aliphatic rings. The molecule has 0 saturated heterocycles. The van der Waals surface area contributed by atoms with Crippen molar-refractivity contribution in [2.75, 3.05) is 0 Å². The highest BCUT2D eigenvalue weighted by Crippen LogP contribution is 2.23. The maximum absolute atomic E-state index is 8.32. The Kier molecular flexibility index (Phi) is 3.81. The third kappa shape index (κ3) is 2.87. The molecule has 0 N–H and O–H groups in total. The summed E-state index contributed by atoms with van der Waals surface area (Å²) in [5, 5.41) is 4.41. The number of alkyl halides is 1. The summed E-state index contributed by atoms with van der Waals surface area (Å²) in [6.45, 7) is 0. The first-order valence-electron chi connectivity index (χ1n) is 5.14. The molecule has 0 aromatic heterocycles. The Morgan fingerprint density at radius 1 is 0.941 bits per heavy atom. The maximum Gasteiger partial charge on any atom is 0.0375 e. The summed E-state index contributed by atoms with van der Waals surface area (Å²) >= 11 is 3.42. The maximum atomic E-state index is 8.32. The van der Waals surface area contributed by atoms with Gasteiger partial charge in [0.15, 0.2) is 0 Å². The summed E-state index contributed by atoms with van der Waals surface area (Å²) in [7, 11) is 0. The minimum atomic E-state index is 0.633. The first-order valence-corrected chi connectivity index (χ1v) is 6.26. The van der Waals surface area contributed by atoms with Crippen LogP contribution in [0.1, 0.15) is 5.56 Å². The molecule has 0 saturated carbocycles. The molecule has 0 amide bonds. The fourth-order valence-electron chi connectivity index (χ4n) is 1.56. The molecule has 84 valence electrons. The van der Waals surface area contributed by atoms with Crippen LogP contribution in [0.5, 0.6) is 0 Å². The monoisotopic (exact) mass is 287 g/mol. The van der Waals surface area contributed by atoms with Gasteiger partial charge in [-0.25, -0.2) is 0 Å². The van der Waals surface area contributed by atoms with E-state index in [4.69, 9.17) is 5.53 Å². The molecule has 0 unspecified atom stereocenters. The Balaban J connectivity index is 2.29. The summed E-state index contributed by atoms with van der Waals surface area (Å²) in [4.78, 5) is 2.75. The van der Waals surface area contributed by atoms with Gasteiger partial charge >= 0.3 is 0 Å². The smallest absolute Gasteiger partial charge is 0.0375 e. The molecule has 2 aromatic carbocycles. The minimum Gasteiger partial charge on any atom is -0.0876 e. The molecular formula is C13H10BrN3. The lowest BCUT2D eigenvalue weighted by Crippen LogP contribution is -1.79. The molecule has 3 nitrogen and oxygen atoms in total. The van der Waals surface area contributed by atoms with Crippen LogP contribution in [-0.4, -0.2) is 0 Å². The van der Waals surface area contributed by atoms with E-state index >= 15 is 0 Å². The molecule has 0 spiro atoms. The number of azide groups is 1. The lowest BCUT2D eigenvalue weighted by atomic mass is 10.0. The van der Waals surface area contributed by atoms with Gasteiger partial charge in [-0.15, -0.1) is 0 Å². The highest BCUT2D eigenvalue weighted by molar-refractivity contribution is 9.08. The van der Waals surface area contributed by atoms with Gasteiger partial charge in [0.2, 0.25) is 0 Å². The van der Waals surface area contributed by atoms with Gasteiger partial charge in [0.1, 0.15) is 0 Å². The molecule has 17 heavy (non-hydrogen) atoms. The largest absolute Gasteiger partial charge is 0.0876 e. The standard InChI is InChI=1S/C13H10BrN3/c14-9-10-1-3-11(4-2-10)12-5-7-13(8-6-12)16-17-15/h1-8H,9H2. The summed E-state index contributed by atoms with van der Waals surface area (Å²) < 4.78 is 0. The molecule has 4 heteroatoms. The van der Waals surface area contributed by atoms with Crippen molar-refractivity contribution in [3.63, 3.8) is 0 Å². The number of benzene rings is 2. The summed E-state index contributed by atoms with van der Waals surface area (Å²) in [6.07, 6.45) is 0. The quantitative estimate of drug-likeness (QED) is 0.323. The third-order valence-electron chi connectivity index (χ3n) is 2.47. The predicted molar refractivity (Wildman–Crippen MR) is 73.3 cm³/mol. The second-order valence-electron chi connectivity index (χ2n) is 3.57. The van der Waals surface area contributed by atoms with Gasteiger partial charge in [0.25, 0.3) is 0 Å². The Morgan fingerprint density at radius 2 is 1.47 bits per heavy atom. The van der Waals surface area contributed by atoms with Gasteiger partial charge in [-0.05, 0) is 22.2 Å². The predicted octanol–water partition coefficient (Wildman–Crippen LogP) is 5.19. The second kappa shape index (κ2) is 5.53. The number of rotatable bonds is 3. The van der Waals surface area contributed by atoms with Crippen LogP contribution in [-0.2, 0) is 5.33 Å². The lowest BCUT2D eigenvalue weighted by Gasteiger charge is -2.03. The molecule has 0 aliphatic carbocycles. The highest BCUT2D eigenvalue weighted by Gasteiger charge is 1.97. The van der Waals surface area contributed by atoms with Crippen molar-refractivity contribution < 1.29 is 0 Å². The van der Waals surface area contributed by atoms with Crippen LogP contribution >= 0.6 is 15.9 Å². The van der Waals surface area contributed by atoms with E-state index in [0.29, 0.717) is 5.69 Å². The van der Waals surface area contributed by atoms with Gasteiger partial charge in [0.05, 0.1) is 0 Å². The number of hydrogen-bond acceptors (Lipinski definition) is 1.